The predicted octanol–water partition coefficient (Wildman–Crippen LogP) is 3.21. The number of likely N-dealkylation sites (tertiary alicyclic amines) is 1. The number of methoxy groups -OCH3 is 4. The van der Waals surface area contributed by atoms with Gasteiger partial charge in [-0.2, -0.15) is 0 Å². The number of ether oxygens (including phenoxy) is 4. The molecule has 1 N–H and O–H groups in total. The quantitative estimate of drug-likeness (QED) is 0.729. The first-order chi connectivity index (χ1) is 15.0. The van der Waals surface area contributed by atoms with Crippen molar-refractivity contribution in [3.63, 3.8) is 0 Å². The molecule has 166 valence electrons. The van der Waals surface area contributed by atoms with Gasteiger partial charge >= 0.3 is 0 Å². The van der Waals surface area contributed by atoms with Gasteiger partial charge in [0.25, 0.3) is 5.91 Å². The molecule has 8 nitrogen and oxygen atoms in total. The molecule has 0 aromatic heterocycles. The first kappa shape index (κ1) is 22.3. The third-order valence-corrected chi connectivity index (χ3v) is 5.46. The van der Waals surface area contributed by atoms with Crippen LogP contribution in [0.1, 0.15) is 23.2 Å². The second kappa shape index (κ2) is 10.1. The fourth-order valence-corrected chi connectivity index (χ4v) is 3.70. The molecular formula is C23H28N2O6. The van der Waals surface area contributed by atoms with Gasteiger partial charge in [0, 0.05) is 25.1 Å². The van der Waals surface area contributed by atoms with Crippen LogP contribution < -0.4 is 24.3 Å². The van der Waals surface area contributed by atoms with E-state index in [4.69, 9.17) is 18.9 Å². The van der Waals surface area contributed by atoms with E-state index in [-0.39, 0.29) is 17.7 Å². The van der Waals surface area contributed by atoms with Crippen molar-refractivity contribution in [2.45, 2.75) is 12.8 Å². The van der Waals surface area contributed by atoms with Gasteiger partial charge in [0.15, 0.2) is 0 Å². The highest BCUT2D eigenvalue weighted by Gasteiger charge is 2.30. The normalized spacial score (nSPS) is 14.0. The summed E-state index contributed by atoms with van der Waals surface area (Å²) >= 11 is 0. The standard InChI is InChI=1S/C23H28N2O6/c1-28-16-8-9-17(20(14-16)31-4)24-22(26)15-10-12-25(13-11-15)23(27)21-18(29-2)6-5-7-19(21)30-3/h5-9,14-15H,10-13H2,1-4H3,(H,24,26). The van der Waals surface area contributed by atoms with Crippen LogP contribution in [0.2, 0.25) is 0 Å². The third kappa shape index (κ3) is 4.84. The maximum Gasteiger partial charge on any atom is 0.261 e. The Morgan fingerprint density at radius 3 is 2.03 bits per heavy atom. The fraction of sp³-hybridized carbons (Fsp3) is 0.391. The number of nitrogens with zero attached hydrogens (tertiary/aromatic N) is 1. The number of piperidine rings is 1. The van der Waals surface area contributed by atoms with Gasteiger partial charge in [0.2, 0.25) is 5.91 Å². The number of hydrogen-bond donors (Lipinski definition) is 1. The maximum absolute atomic E-state index is 13.1. The van der Waals surface area contributed by atoms with Crippen molar-refractivity contribution in [3.05, 3.63) is 42.0 Å². The Morgan fingerprint density at radius 2 is 1.48 bits per heavy atom. The largest absolute Gasteiger partial charge is 0.497 e. The number of hydrogen-bond acceptors (Lipinski definition) is 6. The van der Waals surface area contributed by atoms with Crippen LogP contribution in [0.25, 0.3) is 0 Å². The van der Waals surface area contributed by atoms with Crippen LogP contribution in [0.15, 0.2) is 36.4 Å². The summed E-state index contributed by atoms with van der Waals surface area (Å²) in [4.78, 5) is 27.6. The number of benzene rings is 2. The van der Waals surface area contributed by atoms with Crippen molar-refractivity contribution in [1.29, 1.82) is 0 Å². The minimum absolute atomic E-state index is 0.0922. The van der Waals surface area contributed by atoms with Gasteiger partial charge in [0.1, 0.15) is 28.6 Å². The van der Waals surface area contributed by atoms with E-state index in [2.05, 4.69) is 5.32 Å². The molecule has 0 spiro atoms. The van der Waals surface area contributed by atoms with Crippen LogP contribution in [-0.4, -0.2) is 58.2 Å². The summed E-state index contributed by atoms with van der Waals surface area (Å²) in [5, 5.41) is 2.93. The van der Waals surface area contributed by atoms with Crippen LogP contribution in [0.4, 0.5) is 5.69 Å². The maximum atomic E-state index is 13.1. The zero-order chi connectivity index (χ0) is 22.4. The molecule has 2 aromatic rings. The molecule has 1 saturated heterocycles. The lowest BCUT2D eigenvalue weighted by Crippen LogP contribution is -2.41. The lowest BCUT2D eigenvalue weighted by Gasteiger charge is -2.32. The summed E-state index contributed by atoms with van der Waals surface area (Å²) in [6.07, 6.45) is 1.13. The first-order valence-corrected chi connectivity index (χ1v) is 10.1. The van der Waals surface area contributed by atoms with Crippen molar-refractivity contribution < 1.29 is 28.5 Å². The molecule has 0 bridgehead atoms. The molecule has 0 atom stereocenters. The van der Waals surface area contributed by atoms with Crippen molar-refractivity contribution in [3.8, 4) is 23.0 Å². The minimum Gasteiger partial charge on any atom is -0.497 e. The SMILES string of the molecule is COc1ccc(NC(=O)C2CCN(C(=O)c3c(OC)cccc3OC)CC2)c(OC)c1. The van der Waals surface area contributed by atoms with Crippen molar-refractivity contribution in [2.75, 3.05) is 46.8 Å². The molecule has 0 unspecified atom stereocenters. The monoisotopic (exact) mass is 428 g/mol. The van der Waals surface area contributed by atoms with Crippen LogP contribution in [0, 0.1) is 5.92 Å². The fourth-order valence-electron chi connectivity index (χ4n) is 3.70. The van der Waals surface area contributed by atoms with Gasteiger partial charge in [-0.25, -0.2) is 0 Å². The molecule has 1 aliphatic heterocycles. The van der Waals surface area contributed by atoms with E-state index in [1.807, 2.05) is 0 Å². The molecule has 3 rings (SSSR count). The zero-order valence-corrected chi connectivity index (χ0v) is 18.3. The van der Waals surface area contributed by atoms with E-state index in [0.717, 1.165) is 0 Å². The second-order valence-corrected chi connectivity index (χ2v) is 7.16. The lowest BCUT2D eigenvalue weighted by atomic mass is 9.95. The number of nitrogens with one attached hydrogen (secondary N) is 1. The number of carbonyl (C=O) groups excluding carboxylic acids is 2. The average Bonchev–Trinajstić information content (AvgIpc) is 2.83. The smallest absolute Gasteiger partial charge is 0.261 e. The summed E-state index contributed by atoms with van der Waals surface area (Å²) in [6.45, 7) is 0.940. The van der Waals surface area contributed by atoms with Gasteiger partial charge in [-0.3, -0.25) is 9.59 Å². The van der Waals surface area contributed by atoms with Crippen molar-refractivity contribution in [2.24, 2.45) is 5.92 Å². The van der Waals surface area contributed by atoms with Crippen LogP contribution >= 0.6 is 0 Å². The average molecular weight is 428 g/mol. The van der Waals surface area contributed by atoms with Crippen LogP contribution in [0.3, 0.4) is 0 Å². The Morgan fingerprint density at radius 1 is 0.871 bits per heavy atom. The molecule has 8 heteroatoms. The number of amides is 2. The molecule has 0 saturated carbocycles. The van der Waals surface area contributed by atoms with Gasteiger partial charge in [-0.1, -0.05) is 6.07 Å². The highest BCUT2D eigenvalue weighted by atomic mass is 16.5. The summed E-state index contributed by atoms with van der Waals surface area (Å²) in [5.41, 5.74) is 0.990. The molecular weight excluding hydrogens is 400 g/mol. The van der Waals surface area contributed by atoms with Crippen molar-refractivity contribution >= 4 is 17.5 Å². The minimum atomic E-state index is -0.199. The molecule has 0 aliphatic carbocycles. The lowest BCUT2D eigenvalue weighted by molar-refractivity contribution is -0.121. The highest BCUT2D eigenvalue weighted by molar-refractivity contribution is 6.00. The van der Waals surface area contributed by atoms with E-state index in [9.17, 15) is 9.59 Å². The molecule has 2 aromatic carbocycles. The summed E-state index contributed by atoms with van der Waals surface area (Å²) in [5.74, 6) is 1.66. The van der Waals surface area contributed by atoms with Crippen molar-refractivity contribution in [1.82, 2.24) is 4.90 Å². The zero-order valence-electron chi connectivity index (χ0n) is 18.3. The molecule has 31 heavy (non-hydrogen) atoms. The molecule has 1 fully saturated rings. The van der Waals surface area contributed by atoms with E-state index >= 15 is 0 Å². The van der Waals surface area contributed by atoms with E-state index in [1.54, 1.807) is 55.5 Å². The second-order valence-electron chi connectivity index (χ2n) is 7.16. The van der Waals surface area contributed by atoms with E-state index < -0.39 is 0 Å². The Labute approximate surface area is 182 Å². The van der Waals surface area contributed by atoms with Gasteiger partial charge in [0.05, 0.1) is 34.1 Å². The van der Waals surface area contributed by atoms with E-state index in [1.165, 1.54) is 14.2 Å². The van der Waals surface area contributed by atoms with E-state index in [0.29, 0.717) is 60.2 Å². The Hall–Kier alpha value is -3.42. The number of anilines is 1. The summed E-state index contributed by atoms with van der Waals surface area (Å²) < 4.78 is 21.2. The number of carbonyl (C=O) groups is 2. The van der Waals surface area contributed by atoms with Crippen LogP contribution in [-0.2, 0) is 4.79 Å². The summed E-state index contributed by atoms with van der Waals surface area (Å²) in [7, 11) is 6.16. The molecule has 1 heterocycles. The van der Waals surface area contributed by atoms with Gasteiger partial charge in [-0.05, 0) is 37.1 Å². The Balaban J connectivity index is 1.65. The van der Waals surface area contributed by atoms with Crippen LogP contribution in [0.5, 0.6) is 23.0 Å². The Kier molecular flexibility index (Phi) is 7.23. The third-order valence-electron chi connectivity index (χ3n) is 5.46. The highest BCUT2D eigenvalue weighted by Crippen LogP contribution is 2.32. The molecule has 0 radical (unpaired) electrons. The topological polar surface area (TPSA) is 86.3 Å². The van der Waals surface area contributed by atoms with Gasteiger partial charge < -0.3 is 29.2 Å². The number of rotatable bonds is 7. The molecule has 1 aliphatic rings. The Bertz CT molecular complexity index is 915. The molecule has 2 amide bonds. The predicted molar refractivity (Wildman–Crippen MR) is 116 cm³/mol. The van der Waals surface area contributed by atoms with Gasteiger partial charge in [-0.15, -0.1) is 0 Å². The summed E-state index contributed by atoms with van der Waals surface area (Å²) in [6, 6.07) is 10.5. The first-order valence-electron chi connectivity index (χ1n) is 10.1.